The van der Waals surface area contributed by atoms with Gasteiger partial charge in [-0.05, 0) is 25.8 Å². The van der Waals surface area contributed by atoms with Crippen molar-refractivity contribution in [2.45, 2.75) is 39.3 Å². The fourth-order valence-electron chi connectivity index (χ4n) is 2.01. The van der Waals surface area contributed by atoms with Crippen LogP contribution in [-0.2, 0) is 4.79 Å². The first kappa shape index (κ1) is 11.1. The molecule has 3 nitrogen and oxygen atoms in total. The number of aryl methyl sites for hydroxylation is 1. The lowest BCUT2D eigenvalue weighted by atomic mass is 10.0. The molecule has 1 heterocycles. The lowest BCUT2D eigenvalue weighted by Crippen LogP contribution is -2.34. The summed E-state index contributed by atoms with van der Waals surface area (Å²) in [7, 11) is 0. The maximum atomic E-state index is 11.9. The first-order valence-corrected chi connectivity index (χ1v) is 5.80. The number of benzene rings is 1. The zero-order chi connectivity index (χ0) is 11.7. The molecule has 1 aromatic carbocycles. The fraction of sp³-hybridized carbons (Fsp3) is 0.462. The van der Waals surface area contributed by atoms with Crippen molar-refractivity contribution >= 4 is 11.6 Å². The summed E-state index contributed by atoms with van der Waals surface area (Å²) in [6, 6.07) is 6.19. The molecule has 1 aliphatic rings. The number of para-hydroxylation sites is 1. The Morgan fingerprint density at radius 3 is 2.94 bits per heavy atom. The van der Waals surface area contributed by atoms with Gasteiger partial charge in [0.25, 0.3) is 0 Å². The fourth-order valence-corrected chi connectivity index (χ4v) is 2.01. The quantitative estimate of drug-likeness (QED) is 0.817. The van der Waals surface area contributed by atoms with E-state index in [1.807, 2.05) is 25.1 Å². The van der Waals surface area contributed by atoms with Crippen LogP contribution in [-0.4, -0.2) is 11.9 Å². The number of carbonyl (C=O) groups is 1. The summed E-state index contributed by atoms with van der Waals surface area (Å²) in [6.45, 7) is 6.23. The van der Waals surface area contributed by atoms with Gasteiger partial charge in [-0.1, -0.05) is 25.1 Å². The Kier molecular flexibility index (Phi) is 2.97. The molecule has 2 unspecified atom stereocenters. The van der Waals surface area contributed by atoms with Gasteiger partial charge in [-0.25, -0.2) is 0 Å². The van der Waals surface area contributed by atoms with Gasteiger partial charge in [-0.2, -0.15) is 0 Å². The van der Waals surface area contributed by atoms with Crippen molar-refractivity contribution in [3.05, 3.63) is 29.3 Å². The van der Waals surface area contributed by atoms with E-state index < -0.39 is 0 Å². The molecule has 86 valence electrons. The van der Waals surface area contributed by atoms with E-state index in [9.17, 15) is 4.79 Å². The van der Waals surface area contributed by atoms with Crippen molar-refractivity contribution in [1.82, 2.24) is 5.32 Å². The van der Waals surface area contributed by atoms with Gasteiger partial charge in [0, 0.05) is 17.3 Å². The molecule has 0 saturated heterocycles. The van der Waals surface area contributed by atoms with E-state index in [0.29, 0.717) is 6.04 Å². The van der Waals surface area contributed by atoms with Crippen LogP contribution in [0.15, 0.2) is 18.2 Å². The summed E-state index contributed by atoms with van der Waals surface area (Å²) < 4.78 is 0. The highest BCUT2D eigenvalue weighted by molar-refractivity contribution is 6.03. The number of rotatable bonds is 3. The normalized spacial score (nSPS) is 20.4. The highest BCUT2D eigenvalue weighted by Gasteiger charge is 2.31. The molecule has 0 spiro atoms. The minimum atomic E-state index is -0.190. The molecule has 3 heteroatoms. The molecular weight excluding hydrogens is 200 g/mol. The molecule has 16 heavy (non-hydrogen) atoms. The number of carbonyl (C=O) groups excluding carboxylic acids is 1. The Hall–Kier alpha value is -1.35. The van der Waals surface area contributed by atoms with Crippen molar-refractivity contribution in [3.8, 4) is 0 Å². The highest BCUT2D eigenvalue weighted by Crippen LogP contribution is 2.33. The maximum Gasteiger partial charge on any atom is 0.246 e. The van der Waals surface area contributed by atoms with Crippen molar-refractivity contribution < 1.29 is 4.79 Å². The lowest BCUT2D eigenvalue weighted by Gasteiger charge is -2.16. The van der Waals surface area contributed by atoms with E-state index in [1.165, 1.54) is 0 Å². The van der Waals surface area contributed by atoms with E-state index in [-0.39, 0.29) is 11.9 Å². The average Bonchev–Trinajstić information content (AvgIpc) is 2.58. The van der Waals surface area contributed by atoms with Gasteiger partial charge >= 0.3 is 0 Å². The summed E-state index contributed by atoms with van der Waals surface area (Å²) in [5.41, 5.74) is 3.18. The molecule has 0 fully saturated rings. The van der Waals surface area contributed by atoms with Crippen LogP contribution in [0.25, 0.3) is 0 Å². The van der Waals surface area contributed by atoms with E-state index in [2.05, 4.69) is 24.5 Å². The standard InChI is InChI=1S/C13H18N2O/c1-4-9(3)14-12-10-7-5-6-8(2)11(10)15-13(12)16/h5-7,9,12,14H,4H2,1-3H3,(H,15,16). The van der Waals surface area contributed by atoms with Crippen molar-refractivity contribution in [1.29, 1.82) is 0 Å². The topological polar surface area (TPSA) is 41.1 Å². The van der Waals surface area contributed by atoms with Gasteiger partial charge in [0.2, 0.25) is 5.91 Å². The molecule has 2 N–H and O–H groups in total. The number of fused-ring (bicyclic) bond motifs is 1. The van der Waals surface area contributed by atoms with Crippen LogP contribution in [0, 0.1) is 6.92 Å². The Balaban J connectivity index is 2.29. The Morgan fingerprint density at radius 1 is 1.50 bits per heavy atom. The van der Waals surface area contributed by atoms with E-state index in [4.69, 9.17) is 0 Å². The number of amides is 1. The Labute approximate surface area is 96.2 Å². The van der Waals surface area contributed by atoms with Gasteiger partial charge in [-0.3, -0.25) is 10.1 Å². The van der Waals surface area contributed by atoms with Crippen LogP contribution < -0.4 is 10.6 Å². The summed E-state index contributed by atoms with van der Waals surface area (Å²) >= 11 is 0. The largest absolute Gasteiger partial charge is 0.324 e. The van der Waals surface area contributed by atoms with Crippen LogP contribution in [0.3, 0.4) is 0 Å². The smallest absolute Gasteiger partial charge is 0.246 e. The van der Waals surface area contributed by atoms with Gasteiger partial charge in [0.15, 0.2) is 0 Å². The third kappa shape index (κ3) is 1.83. The maximum absolute atomic E-state index is 11.9. The van der Waals surface area contributed by atoms with Gasteiger partial charge < -0.3 is 5.32 Å². The predicted molar refractivity (Wildman–Crippen MR) is 65.4 cm³/mol. The average molecular weight is 218 g/mol. The molecule has 2 atom stereocenters. The Bertz CT molecular complexity index is 414. The summed E-state index contributed by atoms with van der Waals surface area (Å²) in [5, 5.41) is 6.29. The number of anilines is 1. The second kappa shape index (κ2) is 4.26. The molecule has 0 aliphatic carbocycles. The van der Waals surface area contributed by atoms with Crippen molar-refractivity contribution in [3.63, 3.8) is 0 Å². The van der Waals surface area contributed by atoms with Crippen LogP contribution in [0.4, 0.5) is 5.69 Å². The first-order valence-electron chi connectivity index (χ1n) is 5.80. The molecule has 0 saturated carbocycles. The summed E-state index contributed by atoms with van der Waals surface area (Å²) in [6.07, 6.45) is 1.02. The van der Waals surface area contributed by atoms with Crippen LogP contribution in [0.1, 0.15) is 37.4 Å². The van der Waals surface area contributed by atoms with Crippen molar-refractivity contribution in [2.75, 3.05) is 5.32 Å². The highest BCUT2D eigenvalue weighted by atomic mass is 16.2. The molecule has 1 amide bonds. The zero-order valence-corrected chi connectivity index (χ0v) is 10.0. The van der Waals surface area contributed by atoms with Crippen molar-refractivity contribution in [2.24, 2.45) is 0 Å². The third-order valence-electron chi connectivity index (χ3n) is 3.19. The second-order valence-electron chi connectivity index (χ2n) is 4.44. The van der Waals surface area contributed by atoms with Gasteiger partial charge in [-0.15, -0.1) is 0 Å². The molecule has 1 aromatic rings. The number of hydrogen-bond acceptors (Lipinski definition) is 2. The number of nitrogens with one attached hydrogen (secondary N) is 2. The number of hydrogen-bond donors (Lipinski definition) is 2. The van der Waals surface area contributed by atoms with E-state index >= 15 is 0 Å². The monoisotopic (exact) mass is 218 g/mol. The predicted octanol–water partition coefficient (Wildman–Crippen LogP) is 2.38. The second-order valence-corrected chi connectivity index (χ2v) is 4.44. The van der Waals surface area contributed by atoms with Gasteiger partial charge in [0.05, 0.1) is 0 Å². The minimum absolute atomic E-state index is 0.0598. The lowest BCUT2D eigenvalue weighted by molar-refractivity contribution is -0.117. The molecule has 2 rings (SSSR count). The van der Waals surface area contributed by atoms with Crippen LogP contribution in [0.2, 0.25) is 0 Å². The molecule has 0 aromatic heterocycles. The van der Waals surface area contributed by atoms with E-state index in [0.717, 1.165) is 23.2 Å². The van der Waals surface area contributed by atoms with Crippen LogP contribution in [0.5, 0.6) is 0 Å². The molecule has 0 bridgehead atoms. The van der Waals surface area contributed by atoms with Gasteiger partial charge in [0.1, 0.15) is 6.04 Å². The van der Waals surface area contributed by atoms with Crippen LogP contribution >= 0.6 is 0 Å². The summed E-state index contributed by atoms with van der Waals surface area (Å²) in [4.78, 5) is 11.9. The summed E-state index contributed by atoms with van der Waals surface area (Å²) in [5.74, 6) is 0.0598. The molecule has 1 aliphatic heterocycles. The third-order valence-corrected chi connectivity index (χ3v) is 3.19. The SMILES string of the molecule is CCC(C)NC1C(=O)Nc2c(C)cccc21. The molecule has 0 radical (unpaired) electrons. The minimum Gasteiger partial charge on any atom is -0.324 e. The first-order chi connectivity index (χ1) is 7.63. The van der Waals surface area contributed by atoms with E-state index in [1.54, 1.807) is 0 Å². The molecular formula is C13H18N2O. The Morgan fingerprint density at radius 2 is 2.25 bits per heavy atom. The zero-order valence-electron chi connectivity index (χ0n) is 10.0.